The summed E-state index contributed by atoms with van der Waals surface area (Å²) in [4.78, 5) is 30.5. The Morgan fingerprint density at radius 1 is 0.962 bits per heavy atom. The molecule has 3 atom stereocenters. The number of alkyl halides is 3. The fourth-order valence-corrected chi connectivity index (χ4v) is 6.14. The molecule has 0 aliphatic carbocycles. The smallest absolute Gasteiger partial charge is 0.416 e. The molecule has 2 N–H and O–H groups in total. The van der Waals surface area contributed by atoms with E-state index >= 15 is 0 Å². The molecule has 0 fully saturated rings. The zero-order valence-electron chi connectivity index (χ0n) is 28.8. The lowest BCUT2D eigenvalue weighted by atomic mass is 9.98. The number of aliphatic hydroxyl groups is 1. The standard InChI is InChI=1S/C39H39F6N3O4/c1-23-19-48(24(2)22-49)38(51)30-5-4-6-33(46-35(50)18-26-11-13-29(14-12-26)39(43,44)45)37(30)52-34(23)21-47(3)20-27-9-7-25(8-10-27)15-28-16-31(40)36(42)32(41)17-28/h4-14,16-17,23-24,34,49H,15,18-22H2,1-3H3,(H,46,50)/t23-,24+,34-/m1/s1. The Hall–Kier alpha value is -4.88. The molecular weight excluding hydrogens is 688 g/mol. The monoisotopic (exact) mass is 727 g/mol. The van der Waals surface area contributed by atoms with Crippen LogP contribution in [0.4, 0.5) is 32.0 Å². The number of likely N-dealkylation sites (N-methyl/N-ethyl adjacent to an activating group) is 1. The number of ether oxygens (including phenoxy) is 1. The van der Waals surface area contributed by atoms with Crippen molar-refractivity contribution in [1.29, 1.82) is 0 Å². The molecule has 1 aliphatic heterocycles. The van der Waals surface area contributed by atoms with Crippen LogP contribution in [0.1, 0.15) is 52.0 Å². The van der Waals surface area contributed by atoms with E-state index in [2.05, 4.69) is 5.32 Å². The van der Waals surface area contributed by atoms with Gasteiger partial charge in [0.25, 0.3) is 5.91 Å². The predicted molar refractivity (Wildman–Crippen MR) is 183 cm³/mol. The third-order valence-corrected chi connectivity index (χ3v) is 9.03. The van der Waals surface area contributed by atoms with Gasteiger partial charge in [0.1, 0.15) is 6.10 Å². The van der Waals surface area contributed by atoms with Gasteiger partial charge in [0.2, 0.25) is 5.91 Å². The molecule has 1 heterocycles. The van der Waals surface area contributed by atoms with Crippen LogP contribution < -0.4 is 10.1 Å². The molecule has 1 aliphatic rings. The number of rotatable bonds is 11. The lowest BCUT2D eigenvalue weighted by Crippen LogP contribution is -2.49. The minimum absolute atomic E-state index is 0.145. The summed E-state index contributed by atoms with van der Waals surface area (Å²) in [6.07, 6.45) is -5.01. The van der Waals surface area contributed by atoms with E-state index in [1.807, 2.05) is 43.1 Å². The number of hydrogen-bond donors (Lipinski definition) is 2. The van der Waals surface area contributed by atoms with Gasteiger partial charge in [0, 0.05) is 25.6 Å². The first kappa shape index (κ1) is 38.4. The Kier molecular flexibility index (Phi) is 12.0. The summed E-state index contributed by atoms with van der Waals surface area (Å²) in [5, 5.41) is 12.8. The van der Waals surface area contributed by atoms with E-state index in [4.69, 9.17) is 4.74 Å². The Bertz CT molecular complexity index is 1860. The predicted octanol–water partition coefficient (Wildman–Crippen LogP) is 7.25. The average molecular weight is 728 g/mol. The van der Waals surface area contributed by atoms with Gasteiger partial charge in [-0.25, -0.2) is 13.2 Å². The van der Waals surface area contributed by atoms with Crippen molar-refractivity contribution in [2.24, 2.45) is 5.92 Å². The number of anilines is 1. The Labute approximate surface area is 297 Å². The summed E-state index contributed by atoms with van der Waals surface area (Å²) in [6.45, 7) is 4.54. The maximum atomic E-state index is 13.8. The largest absolute Gasteiger partial charge is 0.486 e. The summed E-state index contributed by atoms with van der Waals surface area (Å²) in [5.74, 6) is -4.99. The highest BCUT2D eigenvalue weighted by Crippen LogP contribution is 2.35. The van der Waals surface area contributed by atoms with Gasteiger partial charge in [-0.2, -0.15) is 13.2 Å². The lowest BCUT2D eigenvalue weighted by Gasteiger charge is -2.38. The highest BCUT2D eigenvalue weighted by atomic mass is 19.4. The first-order valence-electron chi connectivity index (χ1n) is 16.7. The molecule has 5 rings (SSSR count). The molecule has 0 radical (unpaired) electrons. The number of carbonyl (C=O) groups excluding carboxylic acids is 2. The molecule has 2 amide bonds. The van der Waals surface area contributed by atoms with E-state index < -0.39 is 47.2 Å². The fraction of sp³-hybridized carbons (Fsp3) is 0.333. The van der Waals surface area contributed by atoms with Crippen LogP contribution in [0.15, 0.2) is 78.9 Å². The van der Waals surface area contributed by atoms with Crippen LogP contribution in [-0.2, 0) is 30.4 Å². The molecule has 0 saturated carbocycles. The maximum absolute atomic E-state index is 13.8. The normalized spacial score (nSPS) is 16.9. The van der Waals surface area contributed by atoms with Gasteiger partial charge < -0.3 is 20.1 Å². The summed E-state index contributed by atoms with van der Waals surface area (Å²) >= 11 is 0. The zero-order chi connectivity index (χ0) is 37.7. The van der Waals surface area contributed by atoms with Crippen LogP contribution in [0.2, 0.25) is 0 Å². The third-order valence-electron chi connectivity index (χ3n) is 9.03. The zero-order valence-corrected chi connectivity index (χ0v) is 28.8. The van der Waals surface area contributed by atoms with Crippen LogP contribution in [0.5, 0.6) is 5.75 Å². The maximum Gasteiger partial charge on any atom is 0.416 e. The number of fused-ring (bicyclic) bond motifs is 1. The van der Waals surface area contributed by atoms with Gasteiger partial charge in [-0.1, -0.05) is 49.4 Å². The Morgan fingerprint density at radius 2 is 1.58 bits per heavy atom. The highest BCUT2D eigenvalue weighted by molar-refractivity contribution is 6.02. The molecule has 13 heteroatoms. The minimum atomic E-state index is -4.50. The Balaban J connectivity index is 1.33. The number of amides is 2. The SMILES string of the molecule is C[C@@H]1CN([C@@H](C)CO)C(=O)c2cccc(NC(=O)Cc3ccc(C(F)(F)F)cc3)c2O[C@@H]1CN(C)Cc1ccc(Cc2cc(F)c(F)c(F)c2)cc1. The van der Waals surface area contributed by atoms with Crippen molar-refractivity contribution in [2.45, 2.75) is 51.6 Å². The highest BCUT2D eigenvalue weighted by Gasteiger charge is 2.35. The molecule has 0 saturated heterocycles. The van der Waals surface area contributed by atoms with Crippen molar-refractivity contribution in [1.82, 2.24) is 9.80 Å². The van der Waals surface area contributed by atoms with E-state index in [0.717, 1.165) is 35.4 Å². The van der Waals surface area contributed by atoms with Crippen molar-refractivity contribution in [3.63, 3.8) is 0 Å². The van der Waals surface area contributed by atoms with E-state index in [-0.39, 0.29) is 54.8 Å². The molecule has 0 unspecified atom stereocenters. The lowest BCUT2D eigenvalue weighted by molar-refractivity contribution is -0.137. The second-order valence-corrected chi connectivity index (χ2v) is 13.3. The summed E-state index contributed by atoms with van der Waals surface area (Å²) in [6, 6.07) is 17.9. The Morgan fingerprint density at radius 3 is 2.19 bits per heavy atom. The van der Waals surface area contributed by atoms with E-state index in [9.17, 15) is 41.0 Å². The number of benzene rings is 4. The summed E-state index contributed by atoms with van der Waals surface area (Å²) in [7, 11) is 1.89. The second kappa shape index (κ2) is 16.2. The molecule has 0 spiro atoms. The van der Waals surface area contributed by atoms with Gasteiger partial charge in [0.15, 0.2) is 23.2 Å². The van der Waals surface area contributed by atoms with Crippen molar-refractivity contribution in [3.8, 4) is 5.75 Å². The van der Waals surface area contributed by atoms with E-state index in [1.165, 1.54) is 12.1 Å². The minimum Gasteiger partial charge on any atom is -0.486 e. The van der Waals surface area contributed by atoms with E-state index in [0.29, 0.717) is 24.2 Å². The molecule has 4 aromatic rings. The number of halogens is 6. The molecule has 7 nitrogen and oxygen atoms in total. The molecule has 52 heavy (non-hydrogen) atoms. The van der Waals surface area contributed by atoms with Gasteiger partial charge in [-0.3, -0.25) is 14.5 Å². The average Bonchev–Trinajstić information content (AvgIpc) is 3.09. The number of para-hydroxylation sites is 1. The first-order valence-corrected chi connectivity index (χ1v) is 16.7. The third kappa shape index (κ3) is 9.31. The molecule has 0 aromatic heterocycles. The topological polar surface area (TPSA) is 82.1 Å². The molecule has 4 aromatic carbocycles. The number of hydrogen-bond acceptors (Lipinski definition) is 5. The van der Waals surface area contributed by atoms with Gasteiger partial charge in [0.05, 0.1) is 35.9 Å². The first-order chi connectivity index (χ1) is 24.6. The van der Waals surface area contributed by atoms with Crippen LogP contribution in [-0.4, -0.2) is 65.6 Å². The van der Waals surface area contributed by atoms with Crippen LogP contribution in [0, 0.1) is 23.4 Å². The number of aliphatic hydroxyl groups excluding tert-OH is 1. The summed E-state index contributed by atoms with van der Waals surface area (Å²) < 4.78 is 86.3. The second-order valence-electron chi connectivity index (χ2n) is 13.3. The fourth-order valence-electron chi connectivity index (χ4n) is 6.14. The number of carbonyl (C=O) groups is 2. The van der Waals surface area contributed by atoms with Crippen molar-refractivity contribution in [2.75, 3.05) is 32.1 Å². The van der Waals surface area contributed by atoms with Gasteiger partial charge in [-0.05, 0) is 79.0 Å². The van der Waals surface area contributed by atoms with Crippen molar-refractivity contribution < 1.29 is 45.8 Å². The van der Waals surface area contributed by atoms with Crippen LogP contribution >= 0.6 is 0 Å². The van der Waals surface area contributed by atoms with Crippen molar-refractivity contribution >= 4 is 17.5 Å². The van der Waals surface area contributed by atoms with Crippen LogP contribution in [0.25, 0.3) is 0 Å². The van der Waals surface area contributed by atoms with Crippen LogP contribution in [0.3, 0.4) is 0 Å². The van der Waals surface area contributed by atoms with E-state index in [1.54, 1.807) is 30.0 Å². The molecule has 0 bridgehead atoms. The number of nitrogens with one attached hydrogen (secondary N) is 1. The summed E-state index contributed by atoms with van der Waals surface area (Å²) in [5.41, 5.74) is 1.96. The quantitative estimate of drug-likeness (QED) is 0.126. The molecular formula is C39H39F6N3O4. The number of nitrogens with zero attached hydrogens (tertiary/aromatic N) is 2. The van der Waals surface area contributed by atoms with Crippen molar-refractivity contribution in [3.05, 3.63) is 130 Å². The van der Waals surface area contributed by atoms with Gasteiger partial charge in [-0.15, -0.1) is 0 Å². The molecule has 276 valence electrons. The van der Waals surface area contributed by atoms with Gasteiger partial charge >= 0.3 is 6.18 Å².